The molecule has 1 nitrogen and oxygen atoms in total. The highest BCUT2D eigenvalue weighted by atomic mass is 35.5. The molecule has 20 heavy (non-hydrogen) atoms. The lowest BCUT2D eigenvalue weighted by Gasteiger charge is -2.13. The first-order valence-electron chi connectivity index (χ1n) is 6.13. The lowest BCUT2D eigenvalue weighted by atomic mass is 10.1. The van der Waals surface area contributed by atoms with Crippen LogP contribution in [0, 0.1) is 0 Å². The molecule has 1 atom stereocenters. The molecule has 0 aromatic heterocycles. The maximum Gasteiger partial charge on any atom is 0.0603 e. The Morgan fingerprint density at radius 1 is 1.05 bits per heavy atom. The van der Waals surface area contributed by atoms with Gasteiger partial charge in [0, 0.05) is 20.9 Å². The molecule has 0 amide bonds. The van der Waals surface area contributed by atoms with Crippen LogP contribution in [0.15, 0.2) is 46.2 Å². The fraction of sp³-hybridized carbons (Fsp3) is 0.200. The van der Waals surface area contributed by atoms with Crippen LogP contribution in [-0.2, 0) is 6.42 Å². The monoisotopic (exact) mass is 345 g/mol. The molecule has 5 heteroatoms. The van der Waals surface area contributed by atoms with Gasteiger partial charge < -0.3 is 5.73 Å². The van der Waals surface area contributed by atoms with Gasteiger partial charge in [-0.2, -0.15) is 0 Å². The van der Waals surface area contributed by atoms with E-state index in [1.54, 1.807) is 17.8 Å². The molecule has 0 radical (unpaired) electrons. The minimum Gasteiger partial charge on any atom is -0.328 e. The maximum atomic E-state index is 6.28. The molecule has 2 aromatic rings. The third-order valence-electron chi connectivity index (χ3n) is 2.72. The molecule has 0 bridgehead atoms. The Bertz CT molecular complexity index is 614. The van der Waals surface area contributed by atoms with Gasteiger partial charge in [-0.15, -0.1) is 0 Å². The van der Waals surface area contributed by atoms with Gasteiger partial charge in [-0.05, 0) is 49.2 Å². The van der Waals surface area contributed by atoms with Crippen LogP contribution in [0.3, 0.4) is 0 Å². The molecule has 0 spiro atoms. The van der Waals surface area contributed by atoms with Crippen molar-refractivity contribution in [2.75, 3.05) is 0 Å². The third-order valence-corrected chi connectivity index (χ3v) is 4.91. The number of benzene rings is 2. The van der Waals surface area contributed by atoms with Crippen LogP contribution in [0.2, 0.25) is 15.1 Å². The van der Waals surface area contributed by atoms with E-state index >= 15 is 0 Å². The summed E-state index contributed by atoms with van der Waals surface area (Å²) >= 11 is 19.9. The fourth-order valence-corrected chi connectivity index (χ4v) is 3.52. The van der Waals surface area contributed by atoms with Crippen molar-refractivity contribution < 1.29 is 0 Å². The first kappa shape index (κ1) is 16.0. The van der Waals surface area contributed by atoms with Gasteiger partial charge in [-0.1, -0.05) is 52.6 Å². The molecule has 0 aliphatic rings. The van der Waals surface area contributed by atoms with Crippen molar-refractivity contribution in [2.24, 2.45) is 5.73 Å². The molecule has 0 heterocycles. The van der Waals surface area contributed by atoms with Crippen LogP contribution in [0.4, 0.5) is 0 Å². The van der Waals surface area contributed by atoms with Crippen LogP contribution in [-0.4, -0.2) is 6.04 Å². The van der Waals surface area contributed by atoms with Crippen LogP contribution in [0.25, 0.3) is 0 Å². The number of rotatable bonds is 4. The van der Waals surface area contributed by atoms with E-state index in [-0.39, 0.29) is 6.04 Å². The largest absolute Gasteiger partial charge is 0.328 e. The van der Waals surface area contributed by atoms with Crippen molar-refractivity contribution in [1.82, 2.24) is 0 Å². The van der Waals surface area contributed by atoms with Crippen LogP contribution >= 0.6 is 46.6 Å². The molecule has 0 fully saturated rings. The highest BCUT2D eigenvalue weighted by Gasteiger charge is 2.11. The van der Waals surface area contributed by atoms with E-state index in [1.807, 2.05) is 37.3 Å². The highest BCUT2D eigenvalue weighted by molar-refractivity contribution is 7.99. The zero-order valence-electron chi connectivity index (χ0n) is 10.9. The molecule has 0 saturated heterocycles. The van der Waals surface area contributed by atoms with Crippen LogP contribution < -0.4 is 5.73 Å². The summed E-state index contributed by atoms with van der Waals surface area (Å²) in [6.07, 6.45) is 0.739. The first-order chi connectivity index (χ1) is 9.47. The van der Waals surface area contributed by atoms with Crippen LogP contribution in [0.5, 0.6) is 0 Å². The number of nitrogens with two attached hydrogens (primary N) is 1. The predicted molar refractivity (Wildman–Crippen MR) is 89.4 cm³/mol. The van der Waals surface area contributed by atoms with Gasteiger partial charge in [-0.3, -0.25) is 0 Å². The Balaban J connectivity index is 2.32. The summed E-state index contributed by atoms with van der Waals surface area (Å²) in [7, 11) is 0. The van der Waals surface area contributed by atoms with E-state index in [0.29, 0.717) is 10.0 Å². The molecule has 0 aliphatic carbocycles. The lowest BCUT2D eigenvalue weighted by molar-refractivity contribution is 0.729. The van der Waals surface area contributed by atoms with E-state index in [2.05, 4.69) is 0 Å². The van der Waals surface area contributed by atoms with Gasteiger partial charge in [0.05, 0.1) is 10.0 Å². The standard InChI is InChI=1S/C15H14Cl3NS/c1-9(19)7-11-12(16)3-2-4-15(11)20-10-5-6-13(17)14(18)8-10/h2-6,8-9H,7,19H2,1H3. The summed E-state index contributed by atoms with van der Waals surface area (Å²) in [4.78, 5) is 2.11. The van der Waals surface area contributed by atoms with Crippen molar-refractivity contribution in [1.29, 1.82) is 0 Å². The summed E-state index contributed by atoms with van der Waals surface area (Å²) in [5, 5.41) is 1.85. The van der Waals surface area contributed by atoms with Gasteiger partial charge in [0.25, 0.3) is 0 Å². The van der Waals surface area contributed by atoms with Crippen molar-refractivity contribution in [3.05, 3.63) is 57.0 Å². The second kappa shape index (κ2) is 7.06. The second-order valence-electron chi connectivity index (χ2n) is 4.58. The molecular weight excluding hydrogens is 333 g/mol. The van der Waals surface area contributed by atoms with Gasteiger partial charge in [-0.25, -0.2) is 0 Å². The summed E-state index contributed by atoms with van der Waals surface area (Å²) in [6, 6.07) is 11.5. The Labute approximate surface area is 138 Å². The molecular formula is C15H14Cl3NS. The quantitative estimate of drug-likeness (QED) is 0.769. The van der Waals surface area contributed by atoms with Crippen molar-refractivity contribution in [2.45, 2.75) is 29.2 Å². The van der Waals surface area contributed by atoms with Crippen molar-refractivity contribution >= 4 is 46.6 Å². The van der Waals surface area contributed by atoms with E-state index in [1.165, 1.54) is 0 Å². The SMILES string of the molecule is CC(N)Cc1c(Cl)cccc1Sc1ccc(Cl)c(Cl)c1. The average Bonchev–Trinajstić information content (AvgIpc) is 2.38. The fourth-order valence-electron chi connectivity index (χ4n) is 1.82. The molecule has 2 rings (SSSR count). The average molecular weight is 347 g/mol. The van der Waals surface area contributed by atoms with E-state index in [4.69, 9.17) is 40.5 Å². The summed E-state index contributed by atoms with van der Waals surface area (Å²) in [6.45, 7) is 1.97. The number of hydrogen-bond acceptors (Lipinski definition) is 2. The molecule has 0 saturated carbocycles. The lowest BCUT2D eigenvalue weighted by Crippen LogP contribution is -2.18. The topological polar surface area (TPSA) is 26.0 Å². The Morgan fingerprint density at radius 2 is 1.80 bits per heavy atom. The minimum atomic E-state index is 0.0584. The summed E-state index contributed by atoms with van der Waals surface area (Å²) in [5.74, 6) is 0. The van der Waals surface area contributed by atoms with Gasteiger partial charge in [0.2, 0.25) is 0 Å². The van der Waals surface area contributed by atoms with Gasteiger partial charge in [0.15, 0.2) is 0 Å². The Kier molecular flexibility index (Phi) is 5.65. The Hall–Kier alpha value is -0.380. The van der Waals surface area contributed by atoms with E-state index < -0.39 is 0 Å². The molecule has 2 aromatic carbocycles. The zero-order valence-corrected chi connectivity index (χ0v) is 14.0. The van der Waals surface area contributed by atoms with Gasteiger partial charge in [0.1, 0.15) is 0 Å². The predicted octanol–water partition coefficient (Wildman–Crippen LogP) is 5.69. The zero-order chi connectivity index (χ0) is 14.7. The summed E-state index contributed by atoms with van der Waals surface area (Å²) in [5.41, 5.74) is 6.96. The van der Waals surface area contributed by atoms with Crippen LogP contribution in [0.1, 0.15) is 12.5 Å². The summed E-state index contributed by atoms with van der Waals surface area (Å²) < 4.78 is 0. The van der Waals surface area contributed by atoms with E-state index in [0.717, 1.165) is 26.8 Å². The molecule has 1 unspecified atom stereocenters. The maximum absolute atomic E-state index is 6.28. The third kappa shape index (κ3) is 4.06. The van der Waals surface area contributed by atoms with Gasteiger partial charge >= 0.3 is 0 Å². The second-order valence-corrected chi connectivity index (χ2v) is 6.91. The van der Waals surface area contributed by atoms with Crippen molar-refractivity contribution in [3.8, 4) is 0 Å². The number of hydrogen-bond donors (Lipinski definition) is 1. The molecule has 0 aliphatic heterocycles. The number of halogens is 3. The smallest absolute Gasteiger partial charge is 0.0603 e. The molecule has 106 valence electrons. The minimum absolute atomic E-state index is 0.0584. The normalized spacial score (nSPS) is 12.4. The first-order valence-corrected chi connectivity index (χ1v) is 8.08. The Morgan fingerprint density at radius 3 is 2.45 bits per heavy atom. The highest BCUT2D eigenvalue weighted by Crippen LogP contribution is 2.36. The van der Waals surface area contributed by atoms with Crippen molar-refractivity contribution in [3.63, 3.8) is 0 Å². The van der Waals surface area contributed by atoms with E-state index in [9.17, 15) is 0 Å². The molecule has 2 N–H and O–H groups in total.